The molecule has 0 aliphatic heterocycles. The zero-order valence-corrected chi connectivity index (χ0v) is 29.4. The summed E-state index contributed by atoms with van der Waals surface area (Å²) in [6, 6.07) is 64.9. The molecule has 0 fully saturated rings. The second-order valence-corrected chi connectivity index (χ2v) is 15.2. The quantitative estimate of drug-likeness (QED) is 0.176. The minimum atomic E-state index is -0.103. The molecule has 0 N–H and O–H groups in total. The highest BCUT2D eigenvalue weighted by atomic mass is 32.1. The van der Waals surface area contributed by atoms with E-state index in [0.29, 0.717) is 0 Å². The molecule has 0 spiro atoms. The molecule has 1 aromatic heterocycles. The molecule has 1 aliphatic rings. The van der Waals surface area contributed by atoms with Crippen molar-refractivity contribution in [3.63, 3.8) is 0 Å². The van der Waals surface area contributed by atoms with Gasteiger partial charge in [-0.25, -0.2) is 0 Å². The van der Waals surface area contributed by atoms with E-state index in [2.05, 4.69) is 195 Å². The van der Waals surface area contributed by atoms with Crippen LogP contribution < -0.4 is 4.90 Å². The third-order valence-electron chi connectivity index (χ3n) is 10.9. The summed E-state index contributed by atoms with van der Waals surface area (Å²) in [7, 11) is 0. The first kappa shape index (κ1) is 29.9. The molecule has 0 amide bonds. The first-order valence-electron chi connectivity index (χ1n) is 17.7. The second kappa shape index (κ2) is 11.6. The lowest BCUT2D eigenvalue weighted by Gasteiger charge is -2.30. The van der Waals surface area contributed by atoms with E-state index in [1.54, 1.807) is 0 Å². The SMILES string of the molecule is CC1(C)c2ccccc2-c2ccc(N(c3ccc(-c4ccc5ccccc5c4)cc3)c3ccccc3-c3cccc4sc5ccccc5c34)cc21. The summed E-state index contributed by atoms with van der Waals surface area (Å²) in [6.07, 6.45) is 0. The first-order valence-corrected chi connectivity index (χ1v) is 18.5. The topological polar surface area (TPSA) is 3.24 Å². The Morgan fingerprint density at radius 2 is 1.08 bits per heavy atom. The van der Waals surface area contributed by atoms with E-state index in [9.17, 15) is 0 Å². The van der Waals surface area contributed by atoms with Crippen LogP contribution in [0.4, 0.5) is 17.1 Å². The Labute approximate surface area is 302 Å². The van der Waals surface area contributed by atoms with Gasteiger partial charge in [-0.15, -0.1) is 11.3 Å². The number of thiophene rings is 1. The molecule has 10 rings (SSSR count). The van der Waals surface area contributed by atoms with Crippen molar-refractivity contribution in [2.45, 2.75) is 19.3 Å². The monoisotopic (exact) mass is 669 g/mol. The molecule has 9 aromatic rings. The van der Waals surface area contributed by atoms with Crippen LogP contribution in [0.3, 0.4) is 0 Å². The average Bonchev–Trinajstić information content (AvgIpc) is 3.67. The van der Waals surface area contributed by atoms with Gasteiger partial charge in [0.1, 0.15) is 0 Å². The molecule has 0 saturated carbocycles. The molecule has 8 aromatic carbocycles. The molecule has 0 radical (unpaired) electrons. The predicted molar refractivity (Wildman–Crippen MR) is 220 cm³/mol. The summed E-state index contributed by atoms with van der Waals surface area (Å²) in [5.41, 5.74) is 13.7. The number of benzene rings is 8. The molecule has 0 unspecified atom stereocenters. The van der Waals surface area contributed by atoms with Crippen molar-refractivity contribution in [3.05, 3.63) is 187 Å². The summed E-state index contributed by atoms with van der Waals surface area (Å²) in [6.45, 7) is 4.72. The molecule has 2 heteroatoms. The van der Waals surface area contributed by atoms with E-state index in [4.69, 9.17) is 0 Å². The van der Waals surface area contributed by atoms with Gasteiger partial charge >= 0.3 is 0 Å². The summed E-state index contributed by atoms with van der Waals surface area (Å²) in [5, 5.41) is 5.15. The molecule has 0 atom stereocenters. The maximum absolute atomic E-state index is 2.46. The predicted octanol–water partition coefficient (Wildman–Crippen LogP) is 14.3. The molecule has 0 saturated heterocycles. The maximum atomic E-state index is 2.46. The van der Waals surface area contributed by atoms with Crippen molar-refractivity contribution in [3.8, 4) is 33.4 Å². The Kier molecular flexibility index (Phi) is 6.78. The van der Waals surface area contributed by atoms with Crippen LogP contribution in [0.2, 0.25) is 0 Å². The largest absolute Gasteiger partial charge is 0.310 e. The van der Waals surface area contributed by atoms with Crippen molar-refractivity contribution in [2.24, 2.45) is 0 Å². The molecular weight excluding hydrogens is 635 g/mol. The number of anilines is 3. The van der Waals surface area contributed by atoms with Gasteiger partial charge in [0.2, 0.25) is 0 Å². The fourth-order valence-corrected chi connectivity index (χ4v) is 9.46. The lowest BCUT2D eigenvalue weighted by molar-refractivity contribution is 0.660. The lowest BCUT2D eigenvalue weighted by Crippen LogP contribution is -2.16. The Morgan fingerprint density at radius 1 is 0.431 bits per heavy atom. The highest BCUT2D eigenvalue weighted by Crippen LogP contribution is 2.52. The highest BCUT2D eigenvalue weighted by molar-refractivity contribution is 7.25. The zero-order chi connectivity index (χ0) is 34.1. The van der Waals surface area contributed by atoms with Crippen LogP contribution in [0, 0.1) is 0 Å². The Hall–Kier alpha value is -5.96. The Bertz CT molecular complexity index is 2780. The maximum Gasteiger partial charge on any atom is 0.0540 e. The van der Waals surface area contributed by atoms with E-state index in [1.165, 1.54) is 75.5 Å². The van der Waals surface area contributed by atoms with Crippen LogP contribution >= 0.6 is 11.3 Å². The summed E-state index contributed by atoms with van der Waals surface area (Å²) in [5.74, 6) is 0. The first-order chi connectivity index (χ1) is 25.0. The van der Waals surface area contributed by atoms with Gasteiger partial charge in [-0.2, -0.15) is 0 Å². The van der Waals surface area contributed by atoms with Crippen LogP contribution in [0.1, 0.15) is 25.0 Å². The Morgan fingerprint density at radius 3 is 1.96 bits per heavy atom. The van der Waals surface area contributed by atoms with Crippen molar-refractivity contribution in [2.75, 3.05) is 4.90 Å². The molecular formula is C49H35NS. The van der Waals surface area contributed by atoms with Crippen LogP contribution in [0.15, 0.2) is 176 Å². The van der Waals surface area contributed by atoms with Crippen molar-refractivity contribution < 1.29 is 0 Å². The van der Waals surface area contributed by atoms with Crippen molar-refractivity contribution in [1.29, 1.82) is 0 Å². The van der Waals surface area contributed by atoms with E-state index in [0.717, 1.165) is 17.1 Å². The van der Waals surface area contributed by atoms with Gasteiger partial charge < -0.3 is 4.90 Å². The number of para-hydroxylation sites is 1. The number of rotatable bonds is 5. The van der Waals surface area contributed by atoms with Crippen molar-refractivity contribution >= 4 is 59.3 Å². The van der Waals surface area contributed by atoms with Gasteiger partial charge in [-0.1, -0.05) is 141 Å². The Balaban J connectivity index is 1.17. The minimum absolute atomic E-state index is 0.103. The van der Waals surface area contributed by atoms with Crippen LogP contribution in [-0.2, 0) is 5.41 Å². The molecule has 0 bridgehead atoms. The number of nitrogens with zero attached hydrogens (tertiary/aromatic N) is 1. The van der Waals surface area contributed by atoms with Crippen LogP contribution in [0.25, 0.3) is 64.3 Å². The van der Waals surface area contributed by atoms with E-state index in [1.807, 2.05) is 11.3 Å². The third kappa shape index (κ3) is 4.75. The second-order valence-electron chi connectivity index (χ2n) is 14.1. The fraction of sp³-hybridized carbons (Fsp3) is 0.0612. The van der Waals surface area contributed by atoms with E-state index in [-0.39, 0.29) is 5.41 Å². The van der Waals surface area contributed by atoms with Crippen molar-refractivity contribution in [1.82, 2.24) is 0 Å². The fourth-order valence-electron chi connectivity index (χ4n) is 8.33. The molecule has 242 valence electrons. The number of fused-ring (bicyclic) bond motifs is 7. The van der Waals surface area contributed by atoms with Gasteiger partial charge in [0, 0.05) is 42.5 Å². The number of hydrogen-bond donors (Lipinski definition) is 0. The standard InChI is InChI=1S/C49H35NS/c1-49(2)43-18-8-5-14-38(43)39-29-28-37(31-44(39)49)50(36-26-24-33(25-27-36)35-23-22-32-12-3-4-13-34(32)30-35)45-19-9-6-15-40(45)41-17-11-21-47-48(41)42-16-7-10-20-46(42)51-47/h3-31H,1-2H3. The van der Waals surface area contributed by atoms with Gasteiger partial charge in [0.25, 0.3) is 0 Å². The van der Waals surface area contributed by atoms with Gasteiger partial charge in [0.05, 0.1) is 5.69 Å². The van der Waals surface area contributed by atoms with E-state index < -0.39 is 0 Å². The summed E-state index contributed by atoms with van der Waals surface area (Å²) < 4.78 is 2.63. The minimum Gasteiger partial charge on any atom is -0.310 e. The molecule has 1 nitrogen and oxygen atoms in total. The summed E-state index contributed by atoms with van der Waals surface area (Å²) in [4.78, 5) is 2.46. The zero-order valence-electron chi connectivity index (χ0n) is 28.6. The number of hydrogen-bond acceptors (Lipinski definition) is 2. The highest BCUT2D eigenvalue weighted by Gasteiger charge is 2.36. The van der Waals surface area contributed by atoms with Gasteiger partial charge in [0.15, 0.2) is 0 Å². The molecule has 51 heavy (non-hydrogen) atoms. The van der Waals surface area contributed by atoms with Crippen LogP contribution in [-0.4, -0.2) is 0 Å². The smallest absolute Gasteiger partial charge is 0.0540 e. The third-order valence-corrected chi connectivity index (χ3v) is 12.0. The molecule has 1 aliphatic carbocycles. The average molecular weight is 670 g/mol. The van der Waals surface area contributed by atoms with Crippen LogP contribution in [0.5, 0.6) is 0 Å². The summed E-state index contributed by atoms with van der Waals surface area (Å²) >= 11 is 1.87. The normalized spacial score (nSPS) is 13.1. The van der Waals surface area contributed by atoms with E-state index >= 15 is 0 Å². The van der Waals surface area contributed by atoms with Gasteiger partial charge in [-0.05, 0) is 98.2 Å². The lowest BCUT2D eigenvalue weighted by atomic mass is 9.82. The van der Waals surface area contributed by atoms with Gasteiger partial charge in [-0.3, -0.25) is 0 Å². The molecule has 1 heterocycles.